The molecule has 0 spiro atoms. The SMILES string of the molecule is CCCc1ccc(-c2ccc(-c3ccc(CCC)cc3)cc2)cc1. The lowest BCUT2D eigenvalue weighted by atomic mass is 9.98. The molecule has 24 heavy (non-hydrogen) atoms. The predicted octanol–water partition coefficient (Wildman–Crippen LogP) is 6.93. The molecule has 0 heteroatoms. The summed E-state index contributed by atoms with van der Waals surface area (Å²) in [6, 6.07) is 26.8. The summed E-state index contributed by atoms with van der Waals surface area (Å²) < 4.78 is 0. The number of hydrogen-bond donors (Lipinski definition) is 0. The van der Waals surface area contributed by atoms with Gasteiger partial charge in [0.25, 0.3) is 0 Å². The number of aryl methyl sites for hydroxylation is 2. The average Bonchev–Trinajstić information content (AvgIpc) is 2.64. The number of benzene rings is 3. The van der Waals surface area contributed by atoms with Crippen LogP contribution in [0.15, 0.2) is 72.8 Å². The van der Waals surface area contributed by atoms with Crippen LogP contribution in [0.3, 0.4) is 0 Å². The van der Waals surface area contributed by atoms with Gasteiger partial charge in [-0.3, -0.25) is 0 Å². The van der Waals surface area contributed by atoms with Gasteiger partial charge in [0.1, 0.15) is 0 Å². The largest absolute Gasteiger partial charge is 0.0651 e. The fourth-order valence-electron chi connectivity index (χ4n) is 3.16. The van der Waals surface area contributed by atoms with Crippen LogP contribution in [0.25, 0.3) is 22.3 Å². The highest BCUT2D eigenvalue weighted by atomic mass is 14.1. The highest BCUT2D eigenvalue weighted by molar-refractivity contribution is 5.70. The second-order valence-electron chi connectivity index (χ2n) is 6.47. The first-order valence-electron chi connectivity index (χ1n) is 9.09. The minimum atomic E-state index is 1.16. The van der Waals surface area contributed by atoms with Gasteiger partial charge in [0.2, 0.25) is 0 Å². The maximum absolute atomic E-state index is 2.25. The number of rotatable bonds is 6. The van der Waals surface area contributed by atoms with Gasteiger partial charge in [-0.05, 0) is 46.2 Å². The van der Waals surface area contributed by atoms with Crippen molar-refractivity contribution in [2.24, 2.45) is 0 Å². The van der Waals surface area contributed by atoms with Gasteiger partial charge in [-0.25, -0.2) is 0 Å². The van der Waals surface area contributed by atoms with E-state index < -0.39 is 0 Å². The van der Waals surface area contributed by atoms with Crippen LogP contribution in [0, 0.1) is 0 Å². The first-order valence-corrected chi connectivity index (χ1v) is 9.09. The van der Waals surface area contributed by atoms with Crippen molar-refractivity contribution >= 4 is 0 Å². The normalized spacial score (nSPS) is 10.8. The summed E-state index contributed by atoms with van der Waals surface area (Å²) in [6.07, 6.45) is 4.72. The highest BCUT2D eigenvalue weighted by Crippen LogP contribution is 2.25. The van der Waals surface area contributed by atoms with E-state index in [2.05, 4.69) is 86.6 Å². The lowest BCUT2D eigenvalue weighted by molar-refractivity contribution is 0.922. The Labute approximate surface area is 146 Å². The lowest BCUT2D eigenvalue weighted by Crippen LogP contribution is -1.85. The maximum atomic E-state index is 2.25. The molecule has 3 aromatic carbocycles. The Bertz CT molecular complexity index is 678. The van der Waals surface area contributed by atoms with Gasteiger partial charge in [0.05, 0.1) is 0 Å². The molecule has 0 unspecified atom stereocenters. The average molecular weight is 314 g/mol. The molecule has 3 aromatic rings. The van der Waals surface area contributed by atoms with Crippen molar-refractivity contribution < 1.29 is 0 Å². The number of hydrogen-bond acceptors (Lipinski definition) is 0. The summed E-state index contributed by atoms with van der Waals surface area (Å²) in [5.41, 5.74) is 7.99. The third-order valence-electron chi connectivity index (χ3n) is 4.54. The molecule has 3 rings (SSSR count). The molecule has 0 aliphatic heterocycles. The molecule has 122 valence electrons. The van der Waals surface area contributed by atoms with Gasteiger partial charge in [-0.1, -0.05) is 99.5 Å². The zero-order valence-corrected chi connectivity index (χ0v) is 14.8. The summed E-state index contributed by atoms with van der Waals surface area (Å²) in [5, 5.41) is 0. The summed E-state index contributed by atoms with van der Waals surface area (Å²) in [5.74, 6) is 0. The molecule has 0 aliphatic carbocycles. The molecule has 0 aliphatic rings. The van der Waals surface area contributed by atoms with Crippen LogP contribution in [0.1, 0.15) is 37.8 Å². The van der Waals surface area contributed by atoms with E-state index in [1.807, 2.05) is 0 Å². The van der Waals surface area contributed by atoms with Gasteiger partial charge in [-0.15, -0.1) is 0 Å². The summed E-state index contributed by atoms with van der Waals surface area (Å²) in [7, 11) is 0. The molecule has 0 atom stereocenters. The van der Waals surface area contributed by atoms with Crippen LogP contribution in [0.4, 0.5) is 0 Å². The van der Waals surface area contributed by atoms with Gasteiger partial charge >= 0.3 is 0 Å². The molecule has 0 aromatic heterocycles. The van der Waals surface area contributed by atoms with E-state index in [0.29, 0.717) is 0 Å². The highest BCUT2D eigenvalue weighted by Gasteiger charge is 2.01. The fraction of sp³-hybridized carbons (Fsp3) is 0.250. The Morgan fingerprint density at radius 1 is 0.417 bits per heavy atom. The van der Waals surface area contributed by atoms with Gasteiger partial charge < -0.3 is 0 Å². The van der Waals surface area contributed by atoms with Crippen LogP contribution in [0.5, 0.6) is 0 Å². The van der Waals surface area contributed by atoms with E-state index >= 15 is 0 Å². The van der Waals surface area contributed by atoms with E-state index in [-0.39, 0.29) is 0 Å². The quantitative estimate of drug-likeness (QED) is 0.463. The van der Waals surface area contributed by atoms with Crippen molar-refractivity contribution in [3.63, 3.8) is 0 Å². The zero-order chi connectivity index (χ0) is 16.8. The fourth-order valence-corrected chi connectivity index (χ4v) is 3.16. The van der Waals surface area contributed by atoms with E-state index in [4.69, 9.17) is 0 Å². The van der Waals surface area contributed by atoms with Crippen LogP contribution in [0.2, 0.25) is 0 Å². The van der Waals surface area contributed by atoms with Crippen molar-refractivity contribution in [3.05, 3.63) is 83.9 Å². The molecule has 0 amide bonds. The van der Waals surface area contributed by atoms with Gasteiger partial charge in [-0.2, -0.15) is 0 Å². The molecule has 0 bridgehead atoms. The summed E-state index contributed by atoms with van der Waals surface area (Å²) in [6.45, 7) is 4.45. The van der Waals surface area contributed by atoms with E-state index in [9.17, 15) is 0 Å². The van der Waals surface area contributed by atoms with Crippen molar-refractivity contribution in [3.8, 4) is 22.3 Å². The first kappa shape index (κ1) is 16.5. The molecular formula is C24H26. The third kappa shape index (κ3) is 3.94. The maximum Gasteiger partial charge on any atom is -0.0184 e. The van der Waals surface area contributed by atoms with Gasteiger partial charge in [0.15, 0.2) is 0 Å². The Morgan fingerprint density at radius 3 is 0.917 bits per heavy atom. The monoisotopic (exact) mass is 314 g/mol. The Kier molecular flexibility index (Phi) is 5.48. The minimum absolute atomic E-state index is 1.16. The molecule has 0 saturated heterocycles. The topological polar surface area (TPSA) is 0 Å². The summed E-state index contributed by atoms with van der Waals surface area (Å²) >= 11 is 0. The Hall–Kier alpha value is -2.34. The van der Waals surface area contributed by atoms with Crippen molar-refractivity contribution in [1.29, 1.82) is 0 Å². The molecule has 0 N–H and O–H groups in total. The second kappa shape index (κ2) is 7.97. The van der Waals surface area contributed by atoms with Gasteiger partial charge in [0, 0.05) is 0 Å². The van der Waals surface area contributed by atoms with Crippen LogP contribution in [-0.4, -0.2) is 0 Å². The molecule has 0 nitrogen and oxygen atoms in total. The van der Waals surface area contributed by atoms with E-state index in [0.717, 1.165) is 12.8 Å². The molecule has 0 radical (unpaired) electrons. The standard InChI is InChI=1S/C24H26/c1-3-5-19-7-11-21(12-8-19)23-15-17-24(18-16-23)22-13-9-20(6-4-2)10-14-22/h7-18H,3-6H2,1-2H3. The van der Waals surface area contributed by atoms with Crippen LogP contribution in [-0.2, 0) is 12.8 Å². The predicted molar refractivity (Wildman–Crippen MR) is 105 cm³/mol. The Morgan fingerprint density at radius 2 is 0.667 bits per heavy atom. The van der Waals surface area contributed by atoms with Crippen molar-refractivity contribution in [1.82, 2.24) is 0 Å². The molecule has 0 heterocycles. The second-order valence-corrected chi connectivity index (χ2v) is 6.47. The van der Waals surface area contributed by atoms with Crippen LogP contribution >= 0.6 is 0 Å². The third-order valence-corrected chi connectivity index (χ3v) is 4.54. The van der Waals surface area contributed by atoms with Crippen molar-refractivity contribution in [2.45, 2.75) is 39.5 Å². The van der Waals surface area contributed by atoms with E-state index in [1.165, 1.54) is 46.2 Å². The summed E-state index contributed by atoms with van der Waals surface area (Å²) in [4.78, 5) is 0. The van der Waals surface area contributed by atoms with E-state index in [1.54, 1.807) is 0 Å². The molecule has 0 fully saturated rings. The van der Waals surface area contributed by atoms with Crippen molar-refractivity contribution in [2.75, 3.05) is 0 Å². The van der Waals surface area contributed by atoms with Crippen LogP contribution < -0.4 is 0 Å². The smallest absolute Gasteiger partial charge is 0.0184 e. The molecular weight excluding hydrogens is 288 g/mol. The lowest BCUT2D eigenvalue weighted by Gasteiger charge is -2.07. The first-order chi connectivity index (χ1) is 11.8. The Balaban J connectivity index is 1.77. The minimum Gasteiger partial charge on any atom is -0.0651 e. The zero-order valence-electron chi connectivity index (χ0n) is 14.8. The molecule has 0 saturated carbocycles.